The molecule has 2 N–H and O–H groups in total. The second-order valence-electron chi connectivity index (χ2n) is 3.52. The molecule has 0 aliphatic carbocycles. The van der Waals surface area contributed by atoms with Crippen molar-refractivity contribution >= 4 is 19.7 Å². The molecule has 62 valence electrons. The molecule has 4 heteroatoms. The van der Waals surface area contributed by atoms with Crippen molar-refractivity contribution in [2.45, 2.75) is 30.7 Å². The predicted octanol–water partition coefficient (Wildman–Crippen LogP) is 0.824. The van der Waals surface area contributed by atoms with Crippen molar-refractivity contribution in [2.24, 2.45) is 0 Å². The summed E-state index contributed by atoms with van der Waals surface area (Å²) in [5.74, 6) is 0. The Morgan fingerprint density at radius 2 is 1.80 bits per heavy atom. The summed E-state index contributed by atoms with van der Waals surface area (Å²) in [6, 6.07) is 0. The van der Waals surface area contributed by atoms with Crippen molar-refractivity contribution in [3.05, 3.63) is 0 Å². The molecule has 0 aromatic rings. The van der Waals surface area contributed by atoms with Crippen LogP contribution in [0.5, 0.6) is 0 Å². The molecule has 0 saturated carbocycles. The van der Waals surface area contributed by atoms with Crippen LogP contribution in [0, 0.1) is 0 Å². The van der Waals surface area contributed by atoms with Crippen LogP contribution in [0.4, 0.5) is 0 Å². The van der Waals surface area contributed by atoms with E-state index >= 15 is 0 Å². The van der Waals surface area contributed by atoms with Gasteiger partial charge < -0.3 is 10.2 Å². The number of aliphatic hydroxyl groups is 2. The number of hydrogen-bond donors (Lipinski definition) is 2. The molecule has 0 bridgehead atoms. The van der Waals surface area contributed by atoms with E-state index in [4.69, 9.17) is 21.8 Å². The topological polar surface area (TPSA) is 40.5 Å². The third-order valence-electron chi connectivity index (χ3n) is 1.35. The number of halogens is 1. The van der Waals surface area contributed by atoms with Gasteiger partial charge in [-0.05, 0) is 0 Å². The first-order chi connectivity index (χ1) is 4.39. The van der Waals surface area contributed by atoms with Crippen LogP contribution in [0.2, 0.25) is 19.6 Å². The molecular weight excluding hydrogens is 168 g/mol. The first-order valence-corrected chi connectivity index (χ1v) is 7.34. The molecule has 2 unspecified atom stereocenters. The van der Waals surface area contributed by atoms with Crippen LogP contribution in [-0.4, -0.2) is 36.0 Å². The SMILES string of the molecule is C[Si](C)(C)C(Cl)C(O)CO. The van der Waals surface area contributed by atoms with E-state index in [9.17, 15) is 0 Å². The van der Waals surface area contributed by atoms with Crippen LogP contribution in [0.3, 0.4) is 0 Å². The second kappa shape index (κ2) is 3.71. The van der Waals surface area contributed by atoms with Crippen LogP contribution in [0.1, 0.15) is 0 Å². The highest BCUT2D eigenvalue weighted by molar-refractivity contribution is 6.84. The maximum Gasteiger partial charge on any atom is 0.0907 e. The van der Waals surface area contributed by atoms with Gasteiger partial charge in [0.05, 0.1) is 25.8 Å². The summed E-state index contributed by atoms with van der Waals surface area (Å²) in [5.41, 5.74) is 0. The minimum atomic E-state index is -1.49. The van der Waals surface area contributed by atoms with Crippen molar-refractivity contribution < 1.29 is 10.2 Å². The second-order valence-corrected chi connectivity index (χ2v) is 9.71. The van der Waals surface area contributed by atoms with Gasteiger partial charge >= 0.3 is 0 Å². The summed E-state index contributed by atoms with van der Waals surface area (Å²) in [7, 11) is -1.49. The van der Waals surface area contributed by atoms with Gasteiger partial charge in [-0.15, -0.1) is 11.6 Å². The highest BCUT2D eigenvalue weighted by atomic mass is 35.5. The molecule has 0 heterocycles. The fourth-order valence-corrected chi connectivity index (χ4v) is 2.01. The van der Waals surface area contributed by atoms with E-state index in [1.54, 1.807) is 0 Å². The molecule has 10 heavy (non-hydrogen) atoms. The van der Waals surface area contributed by atoms with Gasteiger partial charge in [-0.3, -0.25) is 0 Å². The van der Waals surface area contributed by atoms with Gasteiger partial charge in [-0.1, -0.05) is 19.6 Å². The van der Waals surface area contributed by atoms with Crippen LogP contribution < -0.4 is 0 Å². The maximum atomic E-state index is 9.11. The number of alkyl halides is 1. The van der Waals surface area contributed by atoms with Crippen LogP contribution in [0.15, 0.2) is 0 Å². The van der Waals surface area contributed by atoms with Gasteiger partial charge in [-0.2, -0.15) is 0 Å². The highest BCUT2D eigenvalue weighted by Crippen LogP contribution is 2.17. The summed E-state index contributed by atoms with van der Waals surface area (Å²) in [5, 5.41) is 17.4. The molecule has 2 atom stereocenters. The van der Waals surface area contributed by atoms with Gasteiger partial charge in [0.25, 0.3) is 0 Å². The lowest BCUT2D eigenvalue weighted by Crippen LogP contribution is -2.44. The van der Waals surface area contributed by atoms with E-state index in [1.165, 1.54) is 0 Å². The summed E-state index contributed by atoms with van der Waals surface area (Å²) in [6.07, 6.45) is -0.756. The minimum Gasteiger partial charge on any atom is -0.394 e. The van der Waals surface area contributed by atoms with E-state index in [-0.39, 0.29) is 11.6 Å². The van der Waals surface area contributed by atoms with E-state index in [0.29, 0.717) is 0 Å². The van der Waals surface area contributed by atoms with Gasteiger partial charge in [0.2, 0.25) is 0 Å². The predicted molar refractivity (Wildman–Crippen MR) is 46.1 cm³/mol. The number of hydrogen-bond acceptors (Lipinski definition) is 2. The molecular formula is C6H15ClO2Si. The summed E-state index contributed by atoms with van der Waals surface area (Å²) < 4.78 is 0. The molecule has 0 aromatic carbocycles. The average molecular weight is 183 g/mol. The molecule has 0 spiro atoms. The Labute approximate surface area is 67.8 Å². The third kappa shape index (κ3) is 3.01. The summed E-state index contributed by atoms with van der Waals surface area (Å²) in [6.45, 7) is 5.94. The van der Waals surface area contributed by atoms with Gasteiger partial charge in [0, 0.05) is 0 Å². The monoisotopic (exact) mass is 182 g/mol. The van der Waals surface area contributed by atoms with Crippen molar-refractivity contribution in [3.63, 3.8) is 0 Å². The van der Waals surface area contributed by atoms with Crippen molar-refractivity contribution in [3.8, 4) is 0 Å². The molecule has 0 fully saturated rings. The van der Waals surface area contributed by atoms with Gasteiger partial charge in [-0.25, -0.2) is 0 Å². The van der Waals surface area contributed by atoms with E-state index in [2.05, 4.69) is 19.6 Å². The molecule has 0 rings (SSSR count). The summed E-state index contributed by atoms with van der Waals surface area (Å²) >= 11 is 5.86. The normalized spacial score (nSPS) is 18.6. The first kappa shape index (κ1) is 10.4. The maximum absolute atomic E-state index is 9.11. The molecule has 2 nitrogen and oxygen atoms in total. The van der Waals surface area contributed by atoms with Crippen LogP contribution >= 0.6 is 11.6 Å². The zero-order valence-electron chi connectivity index (χ0n) is 6.63. The minimum absolute atomic E-state index is 0.238. The van der Waals surface area contributed by atoms with E-state index in [1.807, 2.05) is 0 Å². The van der Waals surface area contributed by atoms with Crippen molar-refractivity contribution in [1.29, 1.82) is 0 Å². The zero-order valence-corrected chi connectivity index (χ0v) is 8.39. The number of aliphatic hydroxyl groups excluding tert-OH is 2. The molecule has 0 aliphatic rings. The Bertz CT molecular complexity index is 102. The molecule has 0 aliphatic heterocycles. The van der Waals surface area contributed by atoms with Gasteiger partial charge in [0.15, 0.2) is 0 Å². The quantitative estimate of drug-likeness (QED) is 0.502. The van der Waals surface area contributed by atoms with Crippen molar-refractivity contribution in [2.75, 3.05) is 6.61 Å². The van der Waals surface area contributed by atoms with E-state index in [0.717, 1.165) is 0 Å². The average Bonchev–Trinajstić information content (AvgIpc) is 1.83. The number of rotatable bonds is 3. The lowest BCUT2D eigenvalue weighted by molar-refractivity contribution is 0.104. The smallest absolute Gasteiger partial charge is 0.0907 e. The highest BCUT2D eigenvalue weighted by Gasteiger charge is 2.30. The Balaban J connectivity index is 3.94. The Morgan fingerprint density at radius 3 is 1.90 bits per heavy atom. The van der Waals surface area contributed by atoms with Crippen LogP contribution in [-0.2, 0) is 0 Å². The molecule has 0 saturated heterocycles. The van der Waals surface area contributed by atoms with Crippen LogP contribution in [0.25, 0.3) is 0 Å². The first-order valence-electron chi connectivity index (χ1n) is 3.32. The Morgan fingerprint density at radius 1 is 1.40 bits per heavy atom. The summed E-state index contributed by atoms with van der Waals surface area (Å²) in [4.78, 5) is 0. The fourth-order valence-electron chi connectivity index (χ4n) is 0.670. The fraction of sp³-hybridized carbons (Fsp3) is 1.00. The van der Waals surface area contributed by atoms with E-state index < -0.39 is 14.2 Å². The largest absolute Gasteiger partial charge is 0.394 e. The molecule has 0 amide bonds. The van der Waals surface area contributed by atoms with Crippen molar-refractivity contribution in [1.82, 2.24) is 0 Å². The zero-order chi connectivity index (χ0) is 8.36. The lowest BCUT2D eigenvalue weighted by Gasteiger charge is -2.26. The standard InChI is InChI=1S/C6H15ClO2Si/c1-10(2,3)6(7)5(9)4-8/h5-6,8-9H,4H2,1-3H3. The lowest BCUT2D eigenvalue weighted by atomic mass is 10.4. The third-order valence-corrected chi connectivity index (χ3v) is 5.65. The van der Waals surface area contributed by atoms with Gasteiger partial charge in [0.1, 0.15) is 0 Å². The molecule has 0 aromatic heterocycles. The Kier molecular flexibility index (Phi) is 3.87. The molecule has 0 radical (unpaired) electrons. The Hall–Kier alpha value is 0.427.